The topological polar surface area (TPSA) is 78.5 Å². The van der Waals surface area contributed by atoms with Crippen molar-refractivity contribution in [2.24, 2.45) is 0 Å². The summed E-state index contributed by atoms with van der Waals surface area (Å²) >= 11 is 0. The van der Waals surface area contributed by atoms with E-state index in [9.17, 15) is 14.4 Å². The molecule has 164 valence electrons. The van der Waals surface area contributed by atoms with Crippen LogP contribution in [0.4, 0.5) is 0 Å². The number of hydrogen-bond donors (Lipinski definition) is 2. The molecule has 0 bridgehead atoms. The maximum atomic E-state index is 13.0. The number of benzene rings is 2. The van der Waals surface area contributed by atoms with E-state index in [2.05, 4.69) is 31.4 Å². The molecule has 0 saturated carbocycles. The van der Waals surface area contributed by atoms with E-state index in [1.807, 2.05) is 30.3 Å². The molecule has 0 spiro atoms. The van der Waals surface area contributed by atoms with Crippen molar-refractivity contribution in [2.75, 3.05) is 19.6 Å². The van der Waals surface area contributed by atoms with Gasteiger partial charge in [-0.3, -0.25) is 14.4 Å². The molecule has 6 heteroatoms. The van der Waals surface area contributed by atoms with Gasteiger partial charge in [-0.25, -0.2) is 0 Å². The first-order chi connectivity index (χ1) is 14.8. The second-order valence-electron chi connectivity index (χ2n) is 8.90. The first-order valence-corrected chi connectivity index (χ1v) is 10.8. The molecule has 1 fully saturated rings. The van der Waals surface area contributed by atoms with Gasteiger partial charge in [0.25, 0.3) is 11.8 Å². The van der Waals surface area contributed by atoms with Crippen molar-refractivity contribution >= 4 is 17.7 Å². The lowest BCUT2D eigenvalue weighted by molar-refractivity contribution is -0.124. The molecule has 1 aliphatic heterocycles. The standard InChI is InChI=1S/C25H31N3O3/c1-25(2,3)20-13-11-19(12-14-20)24(31)28-17-7-10-21(28)23(30)27-16-15-26-22(29)18-8-5-4-6-9-18/h4-6,8-9,11-14,21H,7,10,15-17H2,1-3H3,(H,26,29)(H,27,30)/t21-/m0/s1. The van der Waals surface area contributed by atoms with Crippen molar-refractivity contribution in [3.63, 3.8) is 0 Å². The summed E-state index contributed by atoms with van der Waals surface area (Å²) in [6, 6.07) is 16.1. The largest absolute Gasteiger partial charge is 0.353 e. The van der Waals surface area contributed by atoms with Crippen LogP contribution in [0.15, 0.2) is 54.6 Å². The molecule has 0 unspecified atom stereocenters. The highest BCUT2D eigenvalue weighted by molar-refractivity contribution is 5.98. The Morgan fingerprint density at radius 2 is 1.55 bits per heavy atom. The molecular formula is C25H31N3O3. The number of hydrogen-bond acceptors (Lipinski definition) is 3. The van der Waals surface area contributed by atoms with Gasteiger partial charge in [0.05, 0.1) is 0 Å². The van der Waals surface area contributed by atoms with Crippen LogP contribution < -0.4 is 10.6 Å². The van der Waals surface area contributed by atoms with E-state index in [0.29, 0.717) is 37.2 Å². The molecule has 1 heterocycles. The van der Waals surface area contributed by atoms with E-state index in [4.69, 9.17) is 0 Å². The average molecular weight is 422 g/mol. The van der Waals surface area contributed by atoms with Gasteiger partial charge in [-0.15, -0.1) is 0 Å². The third-order valence-electron chi connectivity index (χ3n) is 5.56. The van der Waals surface area contributed by atoms with Crippen LogP contribution in [0.1, 0.15) is 59.9 Å². The molecule has 0 radical (unpaired) electrons. The number of rotatable bonds is 6. The van der Waals surface area contributed by atoms with Crippen LogP contribution >= 0.6 is 0 Å². The monoisotopic (exact) mass is 421 g/mol. The lowest BCUT2D eigenvalue weighted by atomic mass is 9.86. The molecule has 31 heavy (non-hydrogen) atoms. The van der Waals surface area contributed by atoms with Gasteiger partial charge in [-0.05, 0) is 48.1 Å². The van der Waals surface area contributed by atoms with Crippen LogP contribution in [-0.2, 0) is 10.2 Å². The van der Waals surface area contributed by atoms with Crippen molar-refractivity contribution in [1.82, 2.24) is 15.5 Å². The molecule has 0 aliphatic carbocycles. The molecule has 1 atom stereocenters. The Morgan fingerprint density at radius 1 is 0.903 bits per heavy atom. The van der Waals surface area contributed by atoms with Gasteiger partial charge in [0.15, 0.2) is 0 Å². The van der Waals surface area contributed by atoms with Gasteiger partial charge in [0.1, 0.15) is 6.04 Å². The number of likely N-dealkylation sites (tertiary alicyclic amines) is 1. The van der Waals surface area contributed by atoms with Crippen LogP contribution in [0.5, 0.6) is 0 Å². The summed E-state index contributed by atoms with van der Waals surface area (Å²) < 4.78 is 0. The van der Waals surface area contributed by atoms with Gasteiger partial charge >= 0.3 is 0 Å². The third kappa shape index (κ3) is 5.72. The van der Waals surface area contributed by atoms with E-state index >= 15 is 0 Å². The highest BCUT2D eigenvalue weighted by Crippen LogP contribution is 2.24. The first kappa shape index (κ1) is 22.5. The Balaban J connectivity index is 1.51. The third-order valence-corrected chi connectivity index (χ3v) is 5.56. The maximum absolute atomic E-state index is 13.0. The Morgan fingerprint density at radius 3 is 2.19 bits per heavy atom. The minimum Gasteiger partial charge on any atom is -0.353 e. The minimum atomic E-state index is -0.473. The molecule has 1 aliphatic rings. The number of carbonyl (C=O) groups excluding carboxylic acids is 3. The van der Waals surface area contributed by atoms with Gasteiger partial charge in [-0.1, -0.05) is 51.1 Å². The van der Waals surface area contributed by atoms with E-state index < -0.39 is 6.04 Å². The Hall–Kier alpha value is -3.15. The fourth-order valence-corrected chi connectivity index (χ4v) is 3.73. The number of amides is 3. The predicted molar refractivity (Wildman–Crippen MR) is 121 cm³/mol. The SMILES string of the molecule is CC(C)(C)c1ccc(C(=O)N2CCC[C@H]2C(=O)NCCNC(=O)c2ccccc2)cc1. The Labute approximate surface area is 184 Å². The summed E-state index contributed by atoms with van der Waals surface area (Å²) in [6.07, 6.45) is 1.45. The quantitative estimate of drug-likeness (QED) is 0.704. The molecule has 2 aromatic rings. The first-order valence-electron chi connectivity index (χ1n) is 10.8. The smallest absolute Gasteiger partial charge is 0.254 e. The lowest BCUT2D eigenvalue weighted by Crippen LogP contribution is -2.47. The van der Waals surface area contributed by atoms with Crippen molar-refractivity contribution in [1.29, 1.82) is 0 Å². The molecular weight excluding hydrogens is 390 g/mol. The molecule has 2 aromatic carbocycles. The Bertz CT molecular complexity index is 917. The van der Waals surface area contributed by atoms with E-state index in [1.165, 1.54) is 0 Å². The van der Waals surface area contributed by atoms with Crippen LogP contribution in [0.2, 0.25) is 0 Å². The fraction of sp³-hybridized carbons (Fsp3) is 0.400. The normalized spacial score (nSPS) is 16.1. The van der Waals surface area contributed by atoms with Crippen LogP contribution in [0.3, 0.4) is 0 Å². The second kappa shape index (κ2) is 9.77. The summed E-state index contributed by atoms with van der Waals surface area (Å²) in [5, 5.41) is 5.64. The summed E-state index contributed by atoms with van der Waals surface area (Å²) in [6.45, 7) is 7.61. The predicted octanol–water partition coefficient (Wildman–Crippen LogP) is 3.13. The van der Waals surface area contributed by atoms with Crippen LogP contribution in [0.25, 0.3) is 0 Å². The lowest BCUT2D eigenvalue weighted by Gasteiger charge is -2.25. The number of carbonyl (C=O) groups is 3. The highest BCUT2D eigenvalue weighted by atomic mass is 16.2. The number of nitrogens with zero attached hydrogens (tertiary/aromatic N) is 1. The van der Waals surface area contributed by atoms with Gasteiger partial charge < -0.3 is 15.5 Å². The van der Waals surface area contributed by atoms with Crippen LogP contribution in [-0.4, -0.2) is 48.3 Å². The second-order valence-corrected chi connectivity index (χ2v) is 8.90. The van der Waals surface area contributed by atoms with E-state index in [-0.39, 0.29) is 23.1 Å². The summed E-state index contributed by atoms with van der Waals surface area (Å²) in [4.78, 5) is 39.4. The van der Waals surface area contributed by atoms with Crippen LogP contribution in [0, 0.1) is 0 Å². The fourth-order valence-electron chi connectivity index (χ4n) is 3.73. The van der Waals surface area contributed by atoms with Crippen molar-refractivity contribution in [3.8, 4) is 0 Å². The minimum absolute atomic E-state index is 0.0214. The maximum Gasteiger partial charge on any atom is 0.254 e. The van der Waals surface area contributed by atoms with E-state index in [1.54, 1.807) is 29.2 Å². The zero-order valence-electron chi connectivity index (χ0n) is 18.5. The van der Waals surface area contributed by atoms with Crippen molar-refractivity contribution < 1.29 is 14.4 Å². The molecule has 3 amide bonds. The van der Waals surface area contributed by atoms with Gasteiger partial charge in [-0.2, -0.15) is 0 Å². The summed E-state index contributed by atoms with van der Waals surface area (Å²) in [7, 11) is 0. The zero-order valence-corrected chi connectivity index (χ0v) is 18.5. The average Bonchev–Trinajstić information content (AvgIpc) is 3.26. The van der Waals surface area contributed by atoms with Gasteiger partial charge in [0, 0.05) is 30.8 Å². The Kier molecular flexibility index (Phi) is 7.10. The zero-order chi connectivity index (χ0) is 22.4. The highest BCUT2D eigenvalue weighted by Gasteiger charge is 2.34. The van der Waals surface area contributed by atoms with Crippen molar-refractivity contribution in [2.45, 2.75) is 45.1 Å². The molecule has 6 nitrogen and oxygen atoms in total. The summed E-state index contributed by atoms with van der Waals surface area (Å²) in [5.41, 5.74) is 2.37. The summed E-state index contributed by atoms with van der Waals surface area (Å²) in [5.74, 6) is -0.465. The number of nitrogens with one attached hydrogen (secondary N) is 2. The van der Waals surface area contributed by atoms with E-state index in [0.717, 1.165) is 12.0 Å². The van der Waals surface area contributed by atoms with Crippen molar-refractivity contribution in [3.05, 3.63) is 71.3 Å². The molecule has 0 aromatic heterocycles. The molecule has 1 saturated heterocycles. The molecule has 3 rings (SSSR count). The molecule has 2 N–H and O–H groups in total. The van der Waals surface area contributed by atoms with Gasteiger partial charge in [0.2, 0.25) is 5.91 Å².